The van der Waals surface area contributed by atoms with Crippen molar-refractivity contribution in [3.63, 3.8) is 0 Å². The molecule has 1 aromatic rings. The lowest BCUT2D eigenvalue weighted by Gasteiger charge is -2.37. The maximum atomic E-state index is 13.3. The van der Waals surface area contributed by atoms with E-state index in [4.69, 9.17) is 14.5 Å². The zero-order valence-corrected chi connectivity index (χ0v) is 20.9. The van der Waals surface area contributed by atoms with Crippen molar-refractivity contribution in [1.82, 2.24) is 10.2 Å². The predicted molar refractivity (Wildman–Crippen MR) is 129 cm³/mol. The van der Waals surface area contributed by atoms with Gasteiger partial charge in [-0.1, -0.05) is 18.2 Å². The van der Waals surface area contributed by atoms with Gasteiger partial charge in [-0.2, -0.15) is 13.2 Å². The molecular weight excluding hydrogens is 534 g/mol. The second-order valence-electron chi connectivity index (χ2n) is 9.12. The fraction of sp³-hybridized carbons (Fsp3) is 0.696. The first kappa shape index (κ1) is 25.6. The molecule has 0 aromatic heterocycles. The smallest absolute Gasteiger partial charge is 0.381 e. The lowest BCUT2D eigenvalue weighted by Crippen LogP contribution is -2.43. The van der Waals surface area contributed by atoms with E-state index in [1.165, 1.54) is 12.1 Å². The van der Waals surface area contributed by atoms with Crippen LogP contribution in [0, 0.1) is 5.41 Å². The highest BCUT2D eigenvalue weighted by Crippen LogP contribution is 2.40. The monoisotopic (exact) mass is 567 g/mol. The third-order valence-electron chi connectivity index (χ3n) is 7.04. The maximum absolute atomic E-state index is 13.3. The minimum atomic E-state index is -4.35. The summed E-state index contributed by atoms with van der Waals surface area (Å²) in [5.41, 5.74) is -0.136. The van der Waals surface area contributed by atoms with Crippen LogP contribution in [0.1, 0.15) is 43.7 Å². The number of hydrogen-bond donors (Lipinski definition) is 1. The van der Waals surface area contributed by atoms with Gasteiger partial charge in [0.2, 0.25) is 0 Å². The van der Waals surface area contributed by atoms with Gasteiger partial charge in [-0.25, -0.2) is 0 Å². The van der Waals surface area contributed by atoms with Crippen molar-refractivity contribution in [2.45, 2.75) is 44.2 Å². The molecule has 4 rings (SSSR count). The van der Waals surface area contributed by atoms with Gasteiger partial charge in [0.1, 0.15) is 0 Å². The number of aliphatic imine (C=N–C) groups is 1. The Kier molecular flexibility index (Phi) is 8.35. The molecule has 0 bridgehead atoms. The Morgan fingerprint density at radius 1 is 1.12 bits per heavy atom. The third kappa shape index (κ3) is 5.52. The molecule has 180 valence electrons. The van der Waals surface area contributed by atoms with E-state index in [9.17, 15) is 13.2 Å². The summed E-state index contributed by atoms with van der Waals surface area (Å²) in [5.74, 6) is 0.851. The summed E-state index contributed by atoms with van der Waals surface area (Å²) in [7, 11) is 0. The lowest BCUT2D eigenvalue weighted by atomic mass is 9.74. The number of guanidine groups is 1. The van der Waals surface area contributed by atoms with E-state index in [0.29, 0.717) is 38.2 Å². The number of rotatable bonds is 4. The standard InChI is InChI=1S/C23H32F3N3O2.HI/c1-2-27-20(29-10-6-21(16-29)7-11-31-17-21)28-15-22(8-12-30-13-9-22)18-4-3-5-19(14-18)23(24,25)26;/h3-5,14H,2,6-13,15-17H2,1H3,(H,27,28);1H. The molecule has 32 heavy (non-hydrogen) atoms. The van der Waals surface area contributed by atoms with Crippen molar-refractivity contribution in [2.24, 2.45) is 10.4 Å². The number of likely N-dealkylation sites (tertiary alicyclic amines) is 1. The molecule has 5 nitrogen and oxygen atoms in total. The fourth-order valence-electron chi connectivity index (χ4n) is 5.06. The van der Waals surface area contributed by atoms with E-state index in [1.807, 2.05) is 13.0 Å². The molecule has 0 radical (unpaired) electrons. The Hall–Kier alpha value is -1.07. The van der Waals surface area contributed by atoms with Crippen molar-refractivity contribution in [3.05, 3.63) is 35.4 Å². The largest absolute Gasteiger partial charge is 0.416 e. The van der Waals surface area contributed by atoms with E-state index in [1.54, 1.807) is 0 Å². The predicted octanol–water partition coefficient (Wildman–Crippen LogP) is 4.45. The number of benzene rings is 1. The highest BCUT2D eigenvalue weighted by Gasteiger charge is 2.43. The molecule has 9 heteroatoms. The SMILES string of the molecule is CCNC(=NCC1(c2cccc(C(F)(F)F)c2)CCOCC1)N1CCC2(CCOC2)C1.I. The average molecular weight is 567 g/mol. The molecule has 1 unspecified atom stereocenters. The first-order valence-electron chi connectivity index (χ1n) is 11.2. The molecule has 3 aliphatic heterocycles. The average Bonchev–Trinajstić information content (AvgIpc) is 3.41. The zero-order chi connectivity index (χ0) is 22.0. The quantitative estimate of drug-likeness (QED) is 0.332. The van der Waals surface area contributed by atoms with Gasteiger partial charge in [0.25, 0.3) is 0 Å². The van der Waals surface area contributed by atoms with Crippen molar-refractivity contribution in [3.8, 4) is 0 Å². The molecule has 1 aromatic carbocycles. The molecule has 1 spiro atoms. The lowest BCUT2D eigenvalue weighted by molar-refractivity contribution is -0.137. The molecule has 3 fully saturated rings. The highest BCUT2D eigenvalue weighted by atomic mass is 127. The minimum Gasteiger partial charge on any atom is -0.381 e. The molecule has 0 saturated carbocycles. The fourth-order valence-corrected chi connectivity index (χ4v) is 5.06. The van der Waals surface area contributed by atoms with Gasteiger partial charge in [-0.05, 0) is 44.2 Å². The van der Waals surface area contributed by atoms with Crippen LogP contribution in [-0.2, 0) is 21.1 Å². The molecule has 0 aliphatic carbocycles. The number of nitrogens with zero attached hydrogens (tertiary/aromatic N) is 2. The normalized spacial score (nSPS) is 25.8. The van der Waals surface area contributed by atoms with E-state index in [2.05, 4.69) is 10.2 Å². The van der Waals surface area contributed by atoms with E-state index in [0.717, 1.165) is 57.7 Å². The summed E-state index contributed by atoms with van der Waals surface area (Å²) < 4.78 is 51.2. The van der Waals surface area contributed by atoms with Crippen LogP contribution in [0.25, 0.3) is 0 Å². The van der Waals surface area contributed by atoms with Crippen molar-refractivity contribution >= 4 is 29.9 Å². The van der Waals surface area contributed by atoms with Crippen LogP contribution in [0.2, 0.25) is 0 Å². The minimum absolute atomic E-state index is 0. The Morgan fingerprint density at radius 3 is 2.53 bits per heavy atom. The summed E-state index contributed by atoms with van der Waals surface area (Å²) in [5, 5.41) is 3.40. The van der Waals surface area contributed by atoms with Crippen molar-refractivity contribution in [2.75, 3.05) is 52.6 Å². The van der Waals surface area contributed by atoms with Gasteiger partial charge < -0.3 is 19.7 Å². The van der Waals surface area contributed by atoms with E-state index >= 15 is 0 Å². The van der Waals surface area contributed by atoms with Gasteiger partial charge >= 0.3 is 6.18 Å². The second-order valence-corrected chi connectivity index (χ2v) is 9.12. The number of alkyl halides is 3. The first-order chi connectivity index (χ1) is 14.9. The van der Waals surface area contributed by atoms with Gasteiger partial charge in [0.05, 0.1) is 18.7 Å². The maximum Gasteiger partial charge on any atom is 0.416 e. The Labute approximate surface area is 205 Å². The Balaban J connectivity index is 0.00000289. The molecule has 1 N–H and O–H groups in total. The van der Waals surface area contributed by atoms with Crippen LogP contribution in [0.5, 0.6) is 0 Å². The third-order valence-corrected chi connectivity index (χ3v) is 7.04. The van der Waals surface area contributed by atoms with E-state index < -0.39 is 17.2 Å². The molecule has 3 aliphatic rings. The topological polar surface area (TPSA) is 46.1 Å². The van der Waals surface area contributed by atoms with Crippen LogP contribution >= 0.6 is 24.0 Å². The Bertz CT molecular complexity index is 791. The summed E-state index contributed by atoms with van der Waals surface area (Å²) in [6, 6.07) is 5.75. The zero-order valence-electron chi connectivity index (χ0n) is 18.5. The van der Waals surface area contributed by atoms with E-state index in [-0.39, 0.29) is 29.4 Å². The van der Waals surface area contributed by atoms with Crippen molar-refractivity contribution < 1.29 is 22.6 Å². The molecule has 0 amide bonds. The summed E-state index contributed by atoms with van der Waals surface area (Å²) in [6.45, 7) is 7.76. The van der Waals surface area contributed by atoms with Crippen LogP contribution in [0.4, 0.5) is 13.2 Å². The van der Waals surface area contributed by atoms with Gasteiger partial charge in [0.15, 0.2) is 5.96 Å². The van der Waals surface area contributed by atoms with Gasteiger partial charge in [-0.3, -0.25) is 4.99 Å². The first-order valence-corrected chi connectivity index (χ1v) is 11.2. The highest BCUT2D eigenvalue weighted by molar-refractivity contribution is 14.0. The van der Waals surface area contributed by atoms with Crippen LogP contribution in [-0.4, -0.2) is 63.5 Å². The molecular formula is C23H33F3IN3O2. The molecule has 3 saturated heterocycles. The Morgan fingerprint density at radius 2 is 1.88 bits per heavy atom. The van der Waals surface area contributed by atoms with Crippen LogP contribution < -0.4 is 5.32 Å². The summed E-state index contributed by atoms with van der Waals surface area (Å²) in [6.07, 6.45) is -0.865. The molecule has 1 atom stereocenters. The molecule has 3 heterocycles. The second kappa shape index (κ2) is 10.5. The van der Waals surface area contributed by atoms with Gasteiger partial charge in [0, 0.05) is 50.3 Å². The van der Waals surface area contributed by atoms with Crippen molar-refractivity contribution in [1.29, 1.82) is 0 Å². The summed E-state index contributed by atoms with van der Waals surface area (Å²) >= 11 is 0. The summed E-state index contributed by atoms with van der Waals surface area (Å²) in [4.78, 5) is 7.26. The number of ether oxygens (including phenoxy) is 2. The number of nitrogens with one attached hydrogen (secondary N) is 1. The van der Waals surface area contributed by atoms with Crippen LogP contribution in [0.3, 0.4) is 0 Å². The number of hydrogen-bond acceptors (Lipinski definition) is 3. The van der Waals surface area contributed by atoms with Gasteiger partial charge in [-0.15, -0.1) is 24.0 Å². The van der Waals surface area contributed by atoms with Crippen LogP contribution in [0.15, 0.2) is 29.3 Å². The number of halogens is 4.